The van der Waals surface area contributed by atoms with Crippen molar-refractivity contribution in [1.82, 2.24) is 20.0 Å². The Bertz CT molecular complexity index is 555. The second kappa shape index (κ2) is 6.37. The van der Waals surface area contributed by atoms with E-state index in [1.807, 2.05) is 11.7 Å². The fourth-order valence-electron chi connectivity index (χ4n) is 3.06. The van der Waals surface area contributed by atoms with Crippen LogP contribution in [0.5, 0.6) is 0 Å². The lowest BCUT2D eigenvalue weighted by molar-refractivity contribution is 0.331. The normalized spacial score (nSPS) is 16.2. The Morgan fingerprint density at radius 2 is 2.00 bits per heavy atom. The van der Waals surface area contributed by atoms with Crippen molar-refractivity contribution in [2.75, 3.05) is 26.2 Å². The van der Waals surface area contributed by atoms with Crippen molar-refractivity contribution in [3.63, 3.8) is 0 Å². The first-order valence-corrected chi connectivity index (χ1v) is 7.68. The minimum atomic E-state index is 0.862. The molecule has 0 spiro atoms. The fourth-order valence-corrected chi connectivity index (χ4v) is 3.06. The third kappa shape index (κ3) is 3.02. The summed E-state index contributed by atoms with van der Waals surface area (Å²) < 4.78 is 1.97. The van der Waals surface area contributed by atoms with Crippen molar-refractivity contribution < 1.29 is 0 Å². The Morgan fingerprint density at radius 1 is 1.20 bits per heavy atom. The number of hydrogen-bond donors (Lipinski definition) is 1. The highest BCUT2D eigenvalue weighted by Crippen LogP contribution is 2.17. The first-order valence-electron chi connectivity index (χ1n) is 7.68. The fraction of sp³-hybridized carbons (Fsp3) is 0.562. The summed E-state index contributed by atoms with van der Waals surface area (Å²) in [5, 5.41) is 9.40. The molecule has 0 saturated carbocycles. The molecule has 0 aliphatic carbocycles. The van der Waals surface area contributed by atoms with Gasteiger partial charge in [0.1, 0.15) is 0 Å². The van der Waals surface area contributed by atoms with E-state index < -0.39 is 0 Å². The molecule has 20 heavy (non-hydrogen) atoms. The van der Waals surface area contributed by atoms with Gasteiger partial charge in [-0.3, -0.25) is 4.68 Å². The molecule has 1 fully saturated rings. The van der Waals surface area contributed by atoms with Crippen LogP contribution in [0.15, 0.2) is 24.3 Å². The van der Waals surface area contributed by atoms with Crippen LogP contribution in [-0.2, 0) is 13.6 Å². The molecule has 4 nitrogen and oxygen atoms in total. The maximum Gasteiger partial charge on any atom is 0.0841 e. The van der Waals surface area contributed by atoms with E-state index >= 15 is 0 Å². The molecule has 0 amide bonds. The topological polar surface area (TPSA) is 33.1 Å². The van der Waals surface area contributed by atoms with Gasteiger partial charge in [0.05, 0.1) is 11.2 Å². The zero-order chi connectivity index (χ0) is 13.8. The van der Waals surface area contributed by atoms with Gasteiger partial charge in [0, 0.05) is 19.0 Å². The first kappa shape index (κ1) is 13.6. The predicted molar refractivity (Wildman–Crippen MR) is 82.7 cm³/mol. The second-order valence-electron chi connectivity index (χ2n) is 5.67. The average Bonchev–Trinajstić information content (AvgIpc) is 3.08. The van der Waals surface area contributed by atoms with E-state index in [1.54, 1.807) is 0 Å². The van der Waals surface area contributed by atoms with E-state index in [-0.39, 0.29) is 0 Å². The predicted octanol–water partition coefficient (Wildman–Crippen LogP) is 2.15. The van der Waals surface area contributed by atoms with Gasteiger partial charge < -0.3 is 10.2 Å². The zero-order valence-corrected chi connectivity index (χ0v) is 12.3. The van der Waals surface area contributed by atoms with Crippen molar-refractivity contribution in [1.29, 1.82) is 0 Å². The van der Waals surface area contributed by atoms with Gasteiger partial charge >= 0.3 is 0 Å². The zero-order valence-electron chi connectivity index (χ0n) is 12.3. The lowest BCUT2D eigenvalue weighted by Crippen LogP contribution is -2.24. The molecule has 1 aromatic carbocycles. The molecular formula is C16H24N4. The second-order valence-corrected chi connectivity index (χ2v) is 5.67. The Kier molecular flexibility index (Phi) is 4.33. The van der Waals surface area contributed by atoms with Gasteiger partial charge in [0.2, 0.25) is 0 Å². The summed E-state index contributed by atoms with van der Waals surface area (Å²) >= 11 is 0. The number of benzene rings is 1. The van der Waals surface area contributed by atoms with Crippen LogP contribution in [-0.4, -0.2) is 40.9 Å². The van der Waals surface area contributed by atoms with Crippen LogP contribution >= 0.6 is 0 Å². The molecule has 0 unspecified atom stereocenters. The Hall–Kier alpha value is -1.39. The molecule has 1 aliphatic rings. The monoisotopic (exact) mass is 272 g/mol. The number of rotatable bonds is 6. The van der Waals surface area contributed by atoms with E-state index in [1.165, 1.54) is 49.8 Å². The van der Waals surface area contributed by atoms with E-state index in [4.69, 9.17) is 0 Å². The summed E-state index contributed by atoms with van der Waals surface area (Å²) in [5.74, 6) is 0. The molecule has 1 aromatic heterocycles. The minimum absolute atomic E-state index is 0.862. The molecule has 4 heteroatoms. The lowest BCUT2D eigenvalue weighted by atomic mass is 10.2. The van der Waals surface area contributed by atoms with Gasteiger partial charge in [-0.05, 0) is 51.5 Å². The maximum absolute atomic E-state index is 4.61. The highest BCUT2D eigenvalue weighted by Gasteiger charge is 2.10. The average molecular weight is 272 g/mol. The van der Waals surface area contributed by atoms with Crippen LogP contribution in [0.1, 0.15) is 25.0 Å². The SMILES string of the molecule is Cn1nc(CNCCCN2CCCC2)c2ccccc21. The quantitative estimate of drug-likeness (QED) is 0.818. The van der Waals surface area contributed by atoms with Crippen molar-refractivity contribution >= 4 is 10.9 Å². The molecule has 0 atom stereocenters. The maximum atomic E-state index is 4.61. The Balaban J connectivity index is 1.47. The van der Waals surface area contributed by atoms with E-state index in [0.717, 1.165) is 18.8 Å². The number of nitrogens with one attached hydrogen (secondary N) is 1. The highest BCUT2D eigenvalue weighted by molar-refractivity contribution is 5.81. The summed E-state index contributed by atoms with van der Waals surface area (Å²) in [6.07, 6.45) is 3.99. The van der Waals surface area contributed by atoms with E-state index in [9.17, 15) is 0 Å². The number of likely N-dealkylation sites (tertiary alicyclic amines) is 1. The first-order chi connectivity index (χ1) is 9.84. The third-order valence-corrected chi connectivity index (χ3v) is 4.15. The van der Waals surface area contributed by atoms with Crippen LogP contribution in [0.25, 0.3) is 10.9 Å². The molecule has 0 bridgehead atoms. The molecule has 1 saturated heterocycles. The standard InChI is InChI=1S/C16H24N4/c1-19-16-8-3-2-7-14(16)15(18-19)13-17-9-6-12-20-10-4-5-11-20/h2-3,7-8,17H,4-6,9-13H2,1H3. The van der Waals surface area contributed by atoms with Gasteiger partial charge in [0.25, 0.3) is 0 Å². The van der Waals surface area contributed by atoms with Crippen molar-refractivity contribution in [3.8, 4) is 0 Å². The molecule has 3 rings (SSSR count). The van der Waals surface area contributed by atoms with Crippen molar-refractivity contribution in [2.45, 2.75) is 25.8 Å². The molecule has 2 heterocycles. The summed E-state index contributed by atoms with van der Waals surface area (Å²) in [6, 6.07) is 8.43. The van der Waals surface area contributed by atoms with Crippen molar-refractivity contribution in [3.05, 3.63) is 30.0 Å². The van der Waals surface area contributed by atoms with E-state index in [2.05, 4.69) is 39.6 Å². The van der Waals surface area contributed by atoms with Crippen LogP contribution < -0.4 is 5.32 Å². The third-order valence-electron chi connectivity index (χ3n) is 4.15. The smallest absolute Gasteiger partial charge is 0.0841 e. The summed E-state index contributed by atoms with van der Waals surface area (Å²) in [6.45, 7) is 5.76. The largest absolute Gasteiger partial charge is 0.311 e. The van der Waals surface area contributed by atoms with Crippen LogP contribution in [0, 0.1) is 0 Å². The van der Waals surface area contributed by atoms with Gasteiger partial charge in [0.15, 0.2) is 0 Å². The van der Waals surface area contributed by atoms with Gasteiger partial charge in [-0.2, -0.15) is 5.10 Å². The molecular weight excluding hydrogens is 248 g/mol. The molecule has 2 aromatic rings. The summed E-state index contributed by atoms with van der Waals surface area (Å²) in [4.78, 5) is 2.57. The molecule has 1 aliphatic heterocycles. The molecule has 1 N–H and O–H groups in total. The summed E-state index contributed by atoms with van der Waals surface area (Å²) in [7, 11) is 2.01. The molecule has 108 valence electrons. The van der Waals surface area contributed by atoms with Gasteiger partial charge in [-0.25, -0.2) is 0 Å². The summed E-state index contributed by atoms with van der Waals surface area (Å²) in [5.41, 5.74) is 2.37. The Labute approximate surface area is 120 Å². The number of nitrogens with zero attached hydrogens (tertiary/aromatic N) is 3. The van der Waals surface area contributed by atoms with Crippen LogP contribution in [0.3, 0.4) is 0 Å². The minimum Gasteiger partial charge on any atom is -0.311 e. The highest BCUT2D eigenvalue weighted by atomic mass is 15.3. The lowest BCUT2D eigenvalue weighted by Gasteiger charge is -2.14. The van der Waals surface area contributed by atoms with Crippen molar-refractivity contribution in [2.24, 2.45) is 7.05 Å². The van der Waals surface area contributed by atoms with Crippen LogP contribution in [0.4, 0.5) is 0 Å². The Morgan fingerprint density at radius 3 is 2.85 bits per heavy atom. The molecule has 0 radical (unpaired) electrons. The number of hydrogen-bond acceptors (Lipinski definition) is 3. The number of aromatic nitrogens is 2. The number of para-hydroxylation sites is 1. The van der Waals surface area contributed by atoms with Gasteiger partial charge in [-0.15, -0.1) is 0 Å². The van der Waals surface area contributed by atoms with Gasteiger partial charge in [-0.1, -0.05) is 18.2 Å². The number of fused-ring (bicyclic) bond motifs is 1. The van der Waals surface area contributed by atoms with Crippen LogP contribution in [0.2, 0.25) is 0 Å². The van der Waals surface area contributed by atoms with E-state index in [0.29, 0.717) is 0 Å². The number of aryl methyl sites for hydroxylation is 1.